The minimum Gasteiger partial charge on any atom is -0.369 e. The molecule has 1 heterocycles. The summed E-state index contributed by atoms with van der Waals surface area (Å²) >= 11 is 0. The van der Waals surface area contributed by atoms with Gasteiger partial charge in [-0.3, -0.25) is 4.79 Å². The normalized spacial score (nSPS) is 20.0. The zero-order chi connectivity index (χ0) is 17.9. The molecule has 4 nitrogen and oxygen atoms in total. The van der Waals surface area contributed by atoms with Crippen molar-refractivity contribution in [3.8, 4) is 0 Å². The predicted octanol–water partition coefficient (Wildman–Crippen LogP) is 2.99. The van der Waals surface area contributed by atoms with E-state index in [0.717, 1.165) is 31.5 Å². The van der Waals surface area contributed by atoms with Crippen LogP contribution in [-0.4, -0.2) is 37.0 Å². The van der Waals surface area contributed by atoms with E-state index in [4.69, 9.17) is 5.73 Å². The summed E-state index contributed by atoms with van der Waals surface area (Å²) in [4.78, 5) is 17.3. The molecule has 0 aromatic heterocycles. The molecule has 4 heteroatoms. The molecular formula is C21H27N3O. The Hall–Kier alpha value is -2.33. The number of carbonyl (C=O) groups excluding carboxylic acids is 1. The number of rotatable bonds is 4. The monoisotopic (exact) mass is 337 g/mol. The lowest BCUT2D eigenvalue weighted by Crippen LogP contribution is -2.56. The molecule has 2 N–H and O–H groups in total. The van der Waals surface area contributed by atoms with Crippen molar-refractivity contribution in [1.29, 1.82) is 0 Å². The van der Waals surface area contributed by atoms with Gasteiger partial charge in [-0.1, -0.05) is 48.5 Å². The molecule has 1 fully saturated rings. The lowest BCUT2D eigenvalue weighted by atomic mass is 9.90. The van der Waals surface area contributed by atoms with E-state index >= 15 is 0 Å². The Morgan fingerprint density at radius 1 is 1.12 bits per heavy atom. The maximum atomic E-state index is 13.1. The first kappa shape index (κ1) is 17.5. The number of hydrogen-bond donors (Lipinski definition) is 1. The zero-order valence-corrected chi connectivity index (χ0v) is 15.1. The minimum atomic E-state index is -1.01. The van der Waals surface area contributed by atoms with E-state index in [-0.39, 0.29) is 11.9 Å². The second-order valence-electron chi connectivity index (χ2n) is 7.06. The number of hydrogen-bond acceptors (Lipinski definition) is 3. The third-order valence-electron chi connectivity index (χ3n) is 5.20. The van der Waals surface area contributed by atoms with Gasteiger partial charge in [-0.05, 0) is 37.5 Å². The van der Waals surface area contributed by atoms with Gasteiger partial charge in [-0.2, -0.15) is 0 Å². The molecule has 0 aliphatic carbocycles. The number of anilines is 1. The van der Waals surface area contributed by atoms with Crippen LogP contribution in [0.3, 0.4) is 0 Å². The van der Waals surface area contributed by atoms with Gasteiger partial charge in [-0.25, -0.2) is 0 Å². The Labute approximate surface area is 150 Å². The number of piperidine rings is 1. The van der Waals surface area contributed by atoms with Gasteiger partial charge in [0, 0.05) is 31.9 Å². The molecule has 3 rings (SSSR count). The summed E-state index contributed by atoms with van der Waals surface area (Å²) in [5, 5.41) is 0. The number of nitrogens with zero attached hydrogens (tertiary/aromatic N) is 2. The molecule has 0 bridgehead atoms. The summed E-state index contributed by atoms with van der Waals surface area (Å²) in [6.45, 7) is 3.68. The van der Waals surface area contributed by atoms with Crippen molar-refractivity contribution in [2.24, 2.45) is 5.73 Å². The molecule has 0 saturated carbocycles. The van der Waals surface area contributed by atoms with Crippen molar-refractivity contribution in [2.75, 3.05) is 25.0 Å². The maximum absolute atomic E-state index is 13.1. The van der Waals surface area contributed by atoms with Crippen LogP contribution in [-0.2, 0) is 10.3 Å². The molecule has 0 radical (unpaired) electrons. The van der Waals surface area contributed by atoms with Gasteiger partial charge in [0.2, 0.25) is 5.91 Å². The van der Waals surface area contributed by atoms with Crippen LogP contribution < -0.4 is 10.6 Å². The van der Waals surface area contributed by atoms with E-state index in [1.54, 1.807) is 6.92 Å². The van der Waals surface area contributed by atoms with Crippen LogP contribution >= 0.6 is 0 Å². The van der Waals surface area contributed by atoms with E-state index in [9.17, 15) is 4.79 Å². The molecule has 25 heavy (non-hydrogen) atoms. The molecule has 1 saturated heterocycles. The molecule has 1 aliphatic heterocycles. The average molecular weight is 337 g/mol. The average Bonchev–Trinajstić information content (AvgIpc) is 2.68. The Morgan fingerprint density at radius 2 is 1.72 bits per heavy atom. The van der Waals surface area contributed by atoms with Crippen molar-refractivity contribution < 1.29 is 4.79 Å². The fraction of sp³-hybridized carbons (Fsp3) is 0.381. The smallest absolute Gasteiger partial charge is 0.247 e. The van der Waals surface area contributed by atoms with Crippen molar-refractivity contribution in [3.05, 3.63) is 66.2 Å². The molecule has 1 amide bonds. The van der Waals surface area contributed by atoms with Gasteiger partial charge in [0.15, 0.2) is 0 Å². The molecule has 132 valence electrons. The maximum Gasteiger partial charge on any atom is 0.247 e. The van der Waals surface area contributed by atoms with Crippen LogP contribution in [0, 0.1) is 0 Å². The fourth-order valence-electron chi connectivity index (χ4n) is 3.58. The van der Waals surface area contributed by atoms with E-state index in [1.807, 2.05) is 48.3 Å². The van der Waals surface area contributed by atoms with Gasteiger partial charge >= 0.3 is 0 Å². The first-order valence-electron chi connectivity index (χ1n) is 8.92. The highest BCUT2D eigenvalue weighted by Gasteiger charge is 2.36. The number of nitrogens with two attached hydrogens (primary N) is 1. The lowest BCUT2D eigenvalue weighted by molar-refractivity contribution is -0.137. The van der Waals surface area contributed by atoms with Crippen LogP contribution in [0.2, 0.25) is 0 Å². The van der Waals surface area contributed by atoms with E-state index in [1.165, 1.54) is 5.69 Å². The quantitative estimate of drug-likeness (QED) is 0.933. The van der Waals surface area contributed by atoms with Crippen LogP contribution in [0.1, 0.15) is 25.3 Å². The fourth-order valence-corrected chi connectivity index (χ4v) is 3.58. The number of para-hydroxylation sites is 1. The second-order valence-corrected chi connectivity index (χ2v) is 7.06. The molecule has 2 atom stereocenters. The van der Waals surface area contributed by atoms with Crippen molar-refractivity contribution in [3.63, 3.8) is 0 Å². The molecule has 2 unspecified atom stereocenters. The number of benzene rings is 2. The molecule has 0 spiro atoms. The summed E-state index contributed by atoms with van der Waals surface area (Å²) in [5.74, 6) is -0.0291. The lowest BCUT2D eigenvalue weighted by Gasteiger charge is -2.41. The SMILES string of the molecule is CN(C(=O)C(C)(N)c1ccccc1)C1CCCN(c2ccccc2)C1. The second kappa shape index (κ2) is 7.28. The topological polar surface area (TPSA) is 49.6 Å². The summed E-state index contributed by atoms with van der Waals surface area (Å²) in [6, 6.07) is 20.2. The molecule has 1 aliphatic rings. The third-order valence-corrected chi connectivity index (χ3v) is 5.20. The molecule has 2 aromatic carbocycles. The number of likely N-dealkylation sites (N-methyl/N-ethyl adjacent to an activating group) is 1. The van der Waals surface area contributed by atoms with Crippen LogP contribution in [0.5, 0.6) is 0 Å². The minimum absolute atomic E-state index is 0.0291. The highest BCUT2D eigenvalue weighted by molar-refractivity contribution is 5.87. The van der Waals surface area contributed by atoms with Crippen molar-refractivity contribution >= 4 is 11.6 Å². The highest BCUT2D eigenvalue weighted by Crippen LogP contribution is 2.25. The Morgan fingerprint density at radius 3 is 2.36 bits per heavy atom. The van der Waals surface area contributed by atoms with E-state index in [2.05, 4.69) is 29.2 Å². The third kappa shape index (κ3) is 3.69. The Bertz CT molecular complexity index is 700. The van der Waals surface area contributed by atoms with Gasteiger partial charge in [0.05, 0.1) is 0 Å². The standard InChI is InChI=1S/C21H27N3O/c1-21(22,17-10-5-3-6-11-17)20(25)23(2)19-14-9-15-24(16-19)18-12-7-4-8-13-18/h3-8,10-13,19H,9,14-16,22H2,1-2H3. The predicted molar refractivity (Wildman–Crippen MR) is 102 cm³/mol. The largest absolute Gasteiger partial charge is 0.369 e. The van der Waals surface area contributed by atoms with Gasteiger partial charge in [-0.15, -0.1) is 0 Å². The summed E-state index contributed by atoms with van der Waals surface area (Å²) < 4.78 is 0. The summed E-state index contributed by atoms with van der Waals surface area (Å²) in [7, 11) is 1.88. The van der Waals surface area contributed by atoms with Crippen molar-refractivity contribution in [2.45, 2.75) is 31.3 Å². The van der Waals surface area contributed by atoms with Crippen molar-refractivity contribution in [1.82, 2.24) is 4.90 Å². The van der Waals surface area contributed by atoms with E-state index < -0.39 is 5.54 Å². The van der Waals surface area contributed by atoms with Crippen LogP contribution in [0.15, 0.2) is 60.7 Å². The van der Waals surface area contributed by atoms with Gasteiger partial charge in [0.1, 0.15) is 5.54 Å². The highest BCUT2D eigenvalue weighted by atomic mass is 16.2. The van der Waals surface area contributed by atoms with Crippen LogP contribution in [0.25, 0.3) is 0 Å². The van der Waals surface area contributed by atoms with Gasteiger partial charge < -0.3 is 15.5 Å². The Kier molecular flexibility index (Phi) is 5.09. The van der Waals surface area contributed by atoms with Crippen LogP contribution in [0.4, 0.5) is 5.69 Å². The zero-order valence-electron chi connectivity index (χ0n) is 15.1. The van der Waals surface area contributed by atoms with E-state index in [0.29, 0.717) is 0 Å². The van der Waals surface area contributed by atoms with Gasteiger partial charge in [0.25, 0.3) is 0 Å². The summed E-state index contributed by atoms with van der Waals surface area (Å²) in [5.41, 5.74) is 7.49. The first-order chi connectivity index (χ1) is 12.0. The number of carbonyl (C=O) groups is 1. The molecule has 2 aromatic rings. The summed E-state index contributed by atoms with van der Waals surface area (Å²) in [6.07, 6.45) is 2.08. The molecular weight excluding hydrogens is 310 g/mol. The Balaban J connectivity index is 1.73. The first-order valence-corrected chi connectivity index (χ1v) is 8.92. The number of amides is 1.